The third kappa shape index (κ3) is 4.01. The van der Waals surface area contributed by atoms with Crippen molar-refractivity contribution in [2.75, 3.05) is 18.1 Å². The van der Waals surface area contributed by atoms with Crippen molar-refractivity contribution in [2.45, 2.75) is 29.5 Å². The second kappa shape index (κ2) is 7.79. The fourth-order valence-electron chi connectivity index (χ4n) is 4.01. The molecule has 2 heterocycles. The number of benzene rings is 2. The molecule has 0 amide bonds. The van der Waals surface area contributed by atoms with Crippen molar-refractivity contribution >= 4 is 30.6 Å². The molecular weight excluding hydrogens is 427 g/mol. The fraction of sp³-hybridized carbons (Fsp3) is 0.333. The maximum Gasteiger partial charge on any atom is 0.183 e. The summed E-state index contributed by atoms with van der Waals surface area (Å²) < 4.78 is 64.3. The molecule has 1 aromatic heterocycles. The van der Waals surface area contributed by atoms with Gasteiger partial charge in [-0.05, 0) is 55.3 Å². The smallest absolute Gasteiger partial charge is 0.183 e. The molecule has 30 heavy (non-hydrogen) atoms. The minimum atomic E-state index is -3.93. The number of aromatic amines is 1. The quantitative estimate of drug-likeness (QED) is 0.562. The third-order valence-corrected chi connectivity index (χ3v) is 9.78. The Hall–Kier alpha value is -2.23. The summed E-state index contributed by atoms with van der Waals surface area (Å²) in [6.07, 6.45) is 2.54. The summed E-state index contributed by atoms with van der Waals surface area (Å²) in [4.78, 5) is 3.14. The summed E-state index contributed by atoms with van der Waals surface area (Å²) >= 11 is 0. The zero-order chi connectivity index (χ0) is 21.5. The highest BCUT2D eigenvalue weighted by Gasteiger charge is 2.45. The first-order valence-corrected chi connectivity index (χ1v) is 13.0. The molecule has 1 fully saturated rings. The lowest BCUT2D eigenvalue weighted by atomic mass is 10.1. The van der Waals surface area contributed by atoms with Crippen LogP contribution in [-0.4, -0.2) is 51.2 Å². The number of sulfone groups is 2. The standard InChI is InChI=1S/C21H23FN2O4S2/c1-14-10-16(6-7-18(14)22)30(27,28)21-13-29(25,26)12-20(21)23-9-8-15-11-24-19-5-3-2-4-17(15)19/h2-7,10-11,20-21,23-24H,8-9,12-13H2,1H3. The van der Waals surface area contributed by atoms with Crippen LogP contribution in [0.15, 0.2) is 53.6 Å². The Labute approximate surface area is 175 Å². The zero-order valence-electron chi connectivity index (χ0n) is 16.4. The lowest BCUT2D eigenvalue weighted by molar-refractivity contribution is 0.528. The lowest BCUT2D eigenvalue weighted by Crippen LogP contribution is -2.44. The van der Waals surface area contributed by atoms with E-state index in [4.69, 9.17) is 0 Å². The number of fused-ring (bicyclic) bond motifs is 1. The van der Waals surface area contributed by atoms with E-state index in [1.54, 1.807) is 0 Å². The van der Waals surface area contributed by atoms with E-state index in [1.807, 2.05) is 30.5 Å². The summed E-state index contributed by atoms with van der Waals surface area (Å²) in [5.74, 6) is -1.16. The highest BCUT2D eigenvalue weighted by atomic mass is 32.2. The first-order chi connectivity index (χ1) is 14.2. The number of rotatable bonds is 6. The van der Waals surface area contributed by atoms with Gasteiger partial charge in [0.15, 0.2) is 19.7 Å². The lowest BCUT2D eigenvalue weighted by Gasteiger charge is -2.20. The summed E-state index contributed by atoms with van der Waals surface area (Å²) in [7, 11) is -7.43. The van der Waals surface area contributed by atoms with Gasteiger partial charge in [0, 0.05) is 23.1 Å². The molecular formula is C21H23FN2O4S2. The number of para-hydroxylation sites is 1. The normalized spacial score (nSPS) is 21.3. The van der Waals surface area contributed by atoms with Gasteiger partial charge in [0.1, 0.15) is 5.82 Å². The van der Waals surface area contributed by atoms with Crippen molar-refractivity contribution in [2.24, 2.45) is 0 Å². The van der Waals surface area contributed by atoms with Crippen LogP contribution in [0.5, 0.6) is 0 Å². The molecule has 0 bridgehead atoms. The van der Waals surface area contributed by atoms with Crippen molar-refractivity contribution in [3.8, 4) is 0 Å². The van der Waals surface area contributed by atoms with Crippen molar-refractivity contribution in [3.63, 3.8) is 0 Å². The molecule has 0 saturated carbocycles. The molecule has 0 spiro atoms. The molecule has 0 radical (unpaired) electrons. The molecule has 2 N–H and O–H groups in total. The van der Waals surface area contributed by atoms with E-state index in [1.165, 1.54) is 19.1 Å². The summed E-state index contributed by atoms with van der Waals surface area (Å²) in [5, 5.41) is 3.13. The molecule has 9 heteroatoms. The van der Waals surface area contributed by atoms with Gasteiger partial charge < -0.3 is 10.3 Å². The predicted octanol–water partition coefficient (Wildman–Crippen LogP) is 2.39. The van der Waals surface area contributed by atoms with Crippen LogP contribution in [0.4, 0.5) is 4.39 Å². The number of H-pyrrole nitrogens is 1. The fourth-order valence-corrected chi connectivity index (χ4v) is 8.81. The monoisotopic (exact) mass is 450 g/mol. The number of aryl methyl sites for hydroxylation is 1. The van der Waals surface area contributed by atoms with Gasteiger partial charge in [-0.1, -0.05) is 18.2 Å². The average Bonchev–Trinajstić information content (AvgIpc) is 3.24. The molecule has 160 valence electrons. The van der Waals surface area contributed by atoms with Crippen LogP contribution in [0, 0.1) is 12.7 Å². The highest BCUT2D eigenvalue weighted by molar-refractivity contribution is 7.96. The maximum atomic E-state index is 13.6. The van der Waals surface area contributed by atoms with E-state index < -0.39 is 42.5 Å². The van der Waals surface area contributed by atoms with E-state index in [2.05, 4.69) is 10.3 Å². The van der Waals surface area contributed by atoms with E-state index >= 15 is 0 Å². The molecule has 1 aliphatic heterocycles. The number of nitrogens with one attached hydrogen (secondary N) is 2. The molecule has 2 atom stereocenters. The van der Waals surface area contributed by atoms with Crippen LogP contribution < -0.4 is 5.32 Å². The van der Waals surface area contributed by atoms with Crippen molar-refractivity contribution < 1.29 is 21.2 Å². The first kappa shape index (κ1) is 21.0. The molecule has 3 aromatic rings. The molecule has 2 unspecified atom stereocenters. The zero-order valence-corrected chi connectivity index (χ0v) is 18.1. The van der Waals surface area contributed by atoms with Crippen molar-refractivity contribution in [1.29, 1.82) is 0 Å². The summed E-state index contributed by atoms with van der Waals surface area (Å²) in [5.41, 5.74) is 2.30. The van der Waals surface area contributed by atoms with Crippen LogP contribution in [0.25, 0.3) is 10.9 Å². The van der Waals surface area contributed by atoms with E-state index in [9.17, 15) is 21.2 Å². The van der Waals surface area contributed by atoms with Gasteiger partial charge in [-0.3, -0.25) is 0 Å². The van der Waals surface area contributed by atoms with E-state index in [-0.39, 0.29) is 16.2 Å². The van der Waals surface area contributed by atoms with Gasteiger partial charge in [-0.25, -0.2) is 21.2 Å². The second-order valence-electron chi connectivity index (χ2n) is 7.74. The van der Waals surface area contributed by atoms with Crippen molar-refractivity contribution in [3.05, 3.63) is 65.6 Å². The van der Waals surface area contributed by atoms with Crippen LogP contribution >= 0.6 is 0 Å². The number of hydrogen-bond acceptors (Lipinski definition) is 5. The van der Waals surface area contributed by atoms with Gasteiger partial charge in [0.2, 0.25) is 0 Å². The predicted molar refractivity (Wildman–Crippen MR) is 115 cm³/mol. The Morgan fingerprint density at radius 1 is 1.17 bits per heavy atom. The number of halogens is 1. The minimum absolute atomic E-state index is 0.0491. The SMILES string of the molecule is Cc1cc(S(=O)(=O)C2CS(=O)(=O)CC2NCCc2c[nH]c3ccccc23)ccc1F. The minimum Gasteiger partial charge on any atom is -0.361 e. The van der Waals surface area contributed by atoms with E-state index in [0.717, 1.165) is 22.5 Å². The van der Waals surface area contributed by atoms with Crippen LogP contribution in [-0.2, 0) is 26.1 Å². The first-order valence-electron chi connectivity index (χ1n) is 9.66. The molecule has 1 saturated heterocycles. The van der Waals surface area contributed by atoms with Gasteiger partial charge >= 0.3 is 0 Å². The summed E-state index contributed by atoms with van der Waals surface area (Å²) in [6.45, 7) is 1.92. The van der Waals surface area contributed by atoms with Crippen LogP contribution in [0.2, 0.25) is 0 Å². The second-order valence-corrected chi connectivity index (χ2v) is 12.1. The highest BCUT2D eigenvalue weighted by Crippen LogP contribution is 2.27. The number of aromatic nitrogens is 1. The number of hydrogen-bond donors (Lipinski definition) is 2. The van der Waals surface area contributed by atoms with Gasteiger partial charge in [0.25, 0.3) is 0 Å². The Kier molecular flexibility index (Phi) is 5.46. The molecule has 6 nitrogen and oxygen atoms in total. The third-order valence-electron chi connectivity index (χ3n) is 5.63. The maximum absolute atomic E-state index is 13.6. The van der Waals surface area contributed by atoms with Gasteiger partial charge in [0.05, 0.1) is 21.7 Å². The van der Waals surface area contributed by atoms with Crippen LogP contribution in [0.3, 0.4) is 0 Å². The Balaban J connectivity index is 1.53. The van der Waals surface area contributed by atoms with Crippen molar-refractivity contribution in [1.82, 2.24) is 10.3 Å². The Morgan fingerprint density at radius 2 is 1.93 bits per heavy atom. The molecule has 4 rings (SSSR count). The topological polar surface area (TPSA) is 96.1 Å². The van der Waals surface area contributed by atoms with Gasteiger partial charge in [-0.15, -0.1) is 0 Å². The average molecular weight is 451 g/mol. The molecule has 1 aliphatic rings. The molecule has 2 aromatic carbocycles. The van der Waals surface area contributed by atoms with Gasteiger partial charge in [-0.2, -0.15) is 0 Å². The Bertz CT molecular complexity index is 1300. The van der Waals surface area contributed by atoms with Crippen LogP contribution in [0.1, 0.15) is 11.1 Å². The summed E-state index contributed by atoms with van der Waals surface area (Å²) in [6, 6.07) is 10.7. The largest absolute Gasteiger partial charge is 0.361 e. The molecule has 0 aliphatic carbocycles. The van der Waals surface area contributed by atoms with E-state index in [0.29, 0.717) is 13.0 Å². The Morgan fingerprint density at radius 3 is 2.70 bits per heavy atom.